The van der Waals surface area contributed by atoms with Crippen LogP contribution in [-0.4, -0.2) is 17.4 Å². The molecule has 0 aliphatic carbocycles. The third-order valence-corrected chi connectivity index (χ3v) is 5.67. The minimum atomic E-state index is -0.169. The van der Waals surface area contributed by atoms with E-state index < -0.39 is 0 Å². The Bertz CT molecular complexity index is 1060. The maximum absolute atomic E-state index is 12.5. The average Bonchev–Trinajstić information content (AvgIpc) is 3.22. The number of para-hydroxylation sites is 1. The molecule has 0 radical (unpaired) electrons. The first kappa shape index (κ1) is 16.8. The molecule has 2 aromatic carbocycles. The van der Waals surface area contributed by atoms with Gasteiger partial charge in [-0.3, -0.25) is 4.79 Å². The number of nitrogens with one attached hydrogen (secondary N) is 1. The highest BCUT2D eigenvalue weighted by Crippen LogP contribution is 2.26. The molecule has 132 valence electrons. The number of amides is 1. The summed E-state index contributed by atoms with van der Waals surface area (Å²) in [6.45, 7) is 4.59. The first-order valence-electron chi connectivity index (χ1n) is 8.80. The van der Waals surface area contributed by atoms with Crippen molar-refractivity contribution < 1.29 is 9.21 Å². The highest BCUT2D eigenvalue weighted by Gasteiger charge is 2.17. The number of fused-ring (bicyclic) bond motifs is 2. The van der Waals surface area contributed by atoms with Gasteiger partial charge in [-0.1, -0.05) is 25.1 Å². The molecule has 0 saturated heterocycles. The Morgan fingerprint density at radius 2 is 2.08 bits per heavy atom. The van der Waals surface area contributed by atoms with Crippen molar-refractivity contribution in [1.82, 2.24) is 10.3 Å². The van der Waals surface area contributed by atoms with Gasteiger partial charge < -0.3 is 9.73 Å². The Morgan fingerprint density at radius 3 is 2.88 bits per heavy atom. The first-order valence-corrected chi connectivity index (χ1v) is 9.62. The van der Waals surface area contributed by atoms with Gasteiger partial charge in [0.1, 0.15) is 5.58 Å². The number of benzene rings is 2. The molecule has 5 heteroatoms. The second-order valence-electron chi connectivity index (χ2n) is 6.32. The Balaban J connectivity index is 1.46. The molecule has 0 aliphatic rings. The molecule has 0 bridgehead atoms. The lowest BCUT2D eigenvalue weighted by Crippen LogP contribution is -2.25. The first-order chi connectivity index (χ1) is 12.7. The maximum Gasteiger partial charge on any atom is 0.287 e. The van der Waals surface area contributed by atoms with Gasteiger partial charge in [0.15, 0.2) is 5.76 Å². The molecule has 4 nitrogen and oxygen atoms in total. The number of rotatable bonds is 5. The summed E-state index contributed by atoms with van der Waals surface area (Å²) in [5.74, 6) is 0.232. The molecular weight excluding hydrogens is 344 g/mol. The number of carbonyl (C=O) groups is 1. The molecular formula is C21H20N2O2S. The molecule has 1 amide bonds. The molecule has 0 atom stereocenters. The lowest BCUT2D eigenvalue weighted by Gasteiger charge is -2.02. The molecule has 0 aliphatic heterocycles. The minimum Gasteiger partial charge on any atom is -0.451 e. The van der Waals surface area contributed by atoms with Gasteiger partial charge in [-0.2, -0.15) is 0 Å². The van der Waals surface area contributed by atoms with Crippen LogP contribution < -0.4 is 5.32 Å². The van der Waals surface area contributed by atoms with Crippen molar-refractivity contribution in [1.29, 1.82) is 0 Å². The quantitative estimate of drug-likeness (QED) is 0.549. The van der Waals surface area contributed by atoms with Crippen LogP contribution in [0.4, 0.5) is 0 Å². The van der Waals surface area contributed by atoms with Gasteiger partial charge in [0.2, 0.25) is 0 Å². The van der Waals surface area contributed by atoms with Crippen LogP contribution in [-0.2, 0) is 12.8 Å². The SMILES string of the molecule is CCc1ccc2oc(C(=O)NCCc3nc4ccccc4s3)c(C)c2c1. The maximum atomic E-state index is 12.5. The van der Waals surface area contributed by atoms with Crippen molar-refractivity contribution in [2.75, 3.05) is 6.54 Å². The van der Waals surface area contributed by atoms with Crippen molar-refractivity contribution in [3.8, 4) is 0 Å². The predicted molar refractivity (Wildman–Crippen MR) is 106 cm³/mol. The van der Waals surface area contributed by atoms with Crippen molar-refractivity contribution in [2.24, 2.45) is 0 Å². The zero-order valence-electron chi connectivity index (χ0n) is 14.8. The highest BCUT2D eigenvalue weighted by molar-refractivity contribution is 7.18. The molecule has 4 rings (SSSR count). The van der Waals surface area contributed by atoms with E-state index in [1.807, 2.05) is 37.3 Å². The van der Waals surface area contributed by atoms with Gasteiger partial charge >= 0.3 is 0 Å². The molecule has 1 N–H and O–H groups in total. The summed E-state index contributed by atoms with van der Waals surface area (Å²) < 4.78 is 6.96. The average molecular weight is 364 g/mol. The van der Waals surface area contributed by atoms with E-state index in [1.165, 1.54) is 10.3 Å². The number of thiazole rings is 1. The number of carbonyl (C=O) groups excluding carboxylic acids is 1. The summed E-state index contributed by atoms with van der Waals surface area (Å²) in [5, 5.41) is 5.00. The molecule has 0 unspecified atom stereocenters. The van der Waals surface area contributed by atoms with E-state index in [0.717, 1.165) is 33.5 Å². The molecule has 0 fully saturated rings. The summed E-state index contributed by atoms with van der Waals surface area (Å²) in [5.41, 5.74) is 3.91. The topological polar surface area (TPSA) is 55.1 Å². The van der Waals surface area contributed by atoms with Crippen LogP contribution in [0.5, 0.6) is 0 Å². The highest BCUT2D eigenvalue weighted by atomic mass is 32.1. The number of furan rings is 1. The fraction of sp³-hybridized carbons (Fsp3) is 0.238. The number of hydrogen-bond donors (Lipinski definition) is 1. The van der Waals surface area contributed by atoms with E-state index in [9.17, 15) is 4.79 Å². The fourth-order valence-corrected chi connectivity index (χ4v) is 4.06. The van der Waals surface area contributed by atoms with Crippen molar-refractivity contribution in [2.45, 2.75) is 26.7 Å². The normalized spacial score (nSPS) is 11.3. The Kier molecular flexibility index (Phi) is 4.47. The second kappa shape index (κ2) is 6.92. The van der Waals surface area contributed by atoms with Crippen LogP contribution in [0.3, 0.4) is 0 Å². The van der Waals surface area contributed by atoms with E-state index in [-0.39, 0.29) is 5.91 Å². The van der Waals surface area contributed by atoms with E-state index >= 15 is 0 Å². The lowest BCUT2D eigenvalue weighted by atomic mass is 10.1. The molecule has 26 heavy (non-hydrogen) atoms. The Hall–Kier alpha value is -2.66. The van der Waals surface area contributed by atoms with Crippen molar-refractivity contribution >= 4 is 38.4 Å². The van der Waals surface area contributed by atoms with Gasteiger partial charge in [-0.25, -0.2) is 4.98 Å². The summed E-state index contributed by atoms with van der Waals surface area (Å²) in [4.78, 5) is 17.1. The van der Waals surface area contributed by atoms with Crippen LogP contribution in [0.15, 0.2) is 46.9 Å². The van der Waals surface area contributed by atoms with Gasteiger partial charge in [-0.15, -0.1) is 11.3 Å². The number of nitrogens with zero attached hydrogens (tertiary/aromatic N) is 1. The third kappa shape index (κ3) is 3.10. The van der Waals surface area contributed by atoms with Gasteiger partial charge in [0, 0.05) is 23.9 Å². The molecule has 0 saturated carbocycles. The van der Waals surface area contributed by atoms with Gasteiger partial charge in [-0.05, 0) is 43.2 Å². The van der Waals surface area contributed by atoms with Gasteiger partial charge in [0.25, 0.3) is 5.91 Å². The van der Waals surface area contributed by atoms with Crippen LogP contribution in [0.25, 0.3) is 21.2 Å². The van der Waals surface area contributed by atoms with Crippen LogP contribution >= 0.6 is 11.3 Å². The van der Waals surface area contributed by atoms with Crippen LogP contribution in [0.2, 0.25) is 0 Å². The number of aromatic nitrogens is 1. The zero-order valence-corrected chi connectivity index (χ0v) is 15.7. The summed E-state index contributed by atoms with van der Waals surface area (Å²) in [6, 6.07) is 14.2. The summed E-state index contributed by atoms with van der Waals surface area (Å²) >= 11 is 1.67. The number of hydrogen-bond acceptors (Lipinski definition) is 4. The summed E-state index contributed by atoms with van der Waals surface area (Å²) in [7, 11) is 0. The van der Waals surface area contributed by atoms with E-state index in [1.54, 1.807) is 11.3 Å². The van der Waals surface area contributed by atoms with Gasteiger partial charge in [0.05, 0.1) is 15.2 Å². The third-order valence-electron chi connectivity index (χ3n) is 4.58. The monoisotopic (exact) mass is 364 g/mol. The lowest BCUT2D eigenvalue weighted by molar-refractivity contribution is 0.0928. The minimum absolute atomic E-state index is 0.169. The molecule has 0 spiro atoms. The Labute approximate surface area is 155 Å². The predicted octanol–water partition coefficient (Wildman–Crippen LogP) is 4.89. The smallest absolute Gasteiger partial charge is 0.287 e. The van der Waals surface area contributed by atoms with Crippen LogP contribution in [0.1, 0.15) is 33.6 Å². The van der Waals surface area contributed by atoms with Crippen LogP contribution in [0, 0.1) is 6.92 Å². The largest absolute Gasteiger partial charge is 0.451 e. The summed E-state index contributed by atoms with van der Waals surface area (Å²) in [6.07, 6.45) is 1.68. The van der Waals surface area contributed by atoms with E-state index in [0.29, 0.717) is 18.7 Å². The van der Waals surface area contributed by atoms with Crippen molar-refractivity contribution in [3.63, 3.8) is 0 Å². The molecule has 2 heterocycles. The van der Waals surface area contributed by atoms with Crippen molar-refractivity contribution in [3.05, 3.63) is 64.4 Å². The standard InChI is InChI=1S/C21H20N2O2S/c1-3-14-8-9-17-15(12-14)13(2)20(25-17)21(24)22-11-10-19-23-16-6-4-5-7-18(16)26-19/h4-9,12H,3,10-11H2,1-2H3,(H,22,24). The number of aryl methyl sites for hydroxylation is 2. The molecule has 4 aromatic rings. The molecule has 2 aromatic heterocycles. The van der Waals surface area contributed by atoms with E-state index in [4.69, 9.17) is 4.42 Å². The fourth-order valence-electron chi connectivity index (χ4n) is 3.09. The van der Waals surface area contributed by atoms with E-state index in [2.05, 4.69) is 29.4 Å². The Morgan fingerprint density at radius 1 is 1.23 bits per heavy atom. The zero-order chi connectivity index (χ0) is 18.1. The second-order valence-corrected chi connectivity index (χ2v) is 7.44.